The molecule has 0 aromatic heterocycles. The molecule has 1 aliphatic carbocycles. The normalized spacial score (nSPS) is 14.7. The number of amides is 1. The van der Waals surface area contributed by atoms with Crippen LogP contribution in [0.2, 0.25) is 0 Å². The lowest BCUT2D eigenvalue weighted by molar-refractivity contribution is -0.121. The van der Waals surface area contributed by atoms with Gasteiger partial charge in [-0.25, -0.2) is 13.8 Å². The van der Waals surface area contributed by atoms with E-state index >= 15 is 0 Å². The van der Waals surface area contributed by atoms with E-state index in [1.165, 1.54) is 51.7 Å². The third kappa shape index (κ3) is 7.04. The Bertz CT molecular complexity index is 1080. The molecule has 0 atom stereocenters. The van der Waals surface area contributed by atoms with Gasteiger partial charge in [-0.1, -0.05) is 49.6 Å². The topological polar surface area (TPSA) is 97.3 Å². The van der Waals surface area contributed by atoms with E-state index in [4.69, 9.17) is 9.47 Å². The SMILES string of the molecule is COc1ccc(S(=O)(=O)N(CC(=O)NN=C2CCCCCCC2)Cc2ccccc2)cc1OC. The first-order chi connectivity index (χ1) is 16.4. The number of ether oxygens (including phenoxy) is 2. The molecule has 0 spiro atoms. The number of methoxy groups -OCH3 is 2. The lowest BCUT2D eigenvalue weighted by Gasteiger charge is -2.22. The highest BCUT2D eigenvalue weighted by Crippen LogP contribution is 2.31. The van der Waals surface area contributed by atoms with Crippen LogP contribution in [-0.2, 0) is 21.4 Å². The van der Waals surface area contributed by atoms with Gasteiger partial charge in [0.25, 0.3) is 5.91 Å². The summed E-state index contributed by atoms with van der Waals surface area (Å²) in [6, 6.07) is 13.5. The van der Waals surface area contributed by atoms with Crippen molar-refractivity contribution in [3.63, 3.8) is 0 Å². The van der Waals surface area contributed by atoms with Crippen molar-refractivity contribution in [1.82, 2.24) is 9.73 Å². The van der Waals surface area contributed by atoms with Crippen molar-refractivity contribution >= 4 is 21.6 Å². The summed E-state index contributed by atoms with van der Waals surface area (Å²) < 4.78 is 38.7. The third-order valence-corrected chi connectivity index (χ3v) is 7.57. The molecule has 0 saturated heterocycles. The van der Waals surface area contributed by atoms with Crippen LogP contribution >= 0.6 is 0 Å². The monoisotopic (exact) mass is 487 g/mol. The Kier molecular flexibility index (Phi) is 9.47. The summed E-state index contributed by atoms with van der Waals surface area (Å²) >= 11 is 0. The van der Waals surface area contributed by atoms with Gasteiger partial charge in [0.2, 0.25) is 10.0 Å². The fraction of sp³-hybridized carbons (Fsp3) is 0.440. The van der Waals surface area contributed by atoms with Gasteiger partial charge >= 0.3 is 0 Å². The number of hydrogen-bond donors (Lipinski definition) is 1. The first kappa shape index (κ1) is 25.7. The molecule has 2 aromatic rings. The lowest BCUT2D eigenvalue weighted by atomic mass is 9.99. The predicted molar refractivity (Wildman–Crippen MR) is 131 cm³/mol. The van der Waals surface area contributed by atoms with Crippen molar-refractivity contribution in [3.05, 3.63) is 54.1 Å². The smallest absolute Gasteiger partial charge is 0.255 e. The maximum Gasteiger partial charge on any atom is 0.255 e. The molecule has 0 aliphatic heterocycles. The minimum Gasteiger partial charge on any atom is -0.493 e. The van der Waals surface area contributed by atoms with E-state index in [9.17, 15) is 13.2 Å². The van der Waals surface area contributed by atoms with Crippen molar-refractivity contribution in [1.29, 1.82) is 0 Å². The number of nitrogens with one attached hydrogen (secondary N) is 1. The van der Waals surface area contributed by atoms with Gasteiger partial charge in [-0.2, -0.15) is 9.41 Å². The summed E-state index contributed by atoms with van der Waals surface area (Å²) in [5.41, 5.74) is 4.31. The van der Waals surface area contributed by atoms with Gasteiger partial charge in [0.1, 0.15) is 0 Å². The second-order valence-corrected chi connectivity index (χ2v) is 10.2. The van der Waals surface area contributed by atoms with Gasteiger partial charge in [0.05, 0.1) is 25.7 Å². The number of nitrogens with zero attached hydrogens (tertiary/aromatic N) is 2. The molecule has 34 heavy (non-hydrogen) atoms. The number of sulfonamides is 1. The highest BCUT2D eigenvalue weighted by molar-refractivity contribution is 7.89. The van der Waals surface area contributed by atoms with Crippen LogP contribution in [0.4, 0.5) is 0 Å². The van der Waals surface area contributed by atoms with Crippen LogP contribution in [0.1, 0.15) is 50.5 Å². The Morgan fingerprint density at radius 3 is 2.24 bits per heavy atom. The van der Waals surface area contributed by atoms with E-state index in [0.717, 1.165) is 41.3 Å². The van der Waals surface area contributed by atoms with Crippen molar-refractivity contribution in [2.75, 3.05) is 20.8 Å². The van der Waals surface area contributed by atoms with Crippen LogP contribution < -0.4 is 14.9 Å². The molecule has 9 heteroatoms. The van der Waals surface area contributed by atoms with Gasteiger partial charge < -0.3 is 9.47 Å². The van der Waals surface area contributed by atoms with E-state index in [1.54, 1.807) is 0 Å². The van der Waals surface area contributed by atoms with Crippen LogP contribution in [0.5, 0.6) is 11.5 Å². The lowest BCUT2D eigenvalue weighted by Crippen LogP contribution is -2.39. The highest BCUT2D eigenvalue weighted by atomic mass is 32.2. The molecule has 8 nitrogen and oxygen atoms in total. The van der Waals surface area contributed by atoms with Gasteiger partial charge in [-0.05, 0) is 43.4 Å². The zero-order valence-electron chi connectivity index (χ0n) is 19.8. The first-order valence-corrected chi connectivity index (χ1v) is 13.0. The summed E-state index contributed by atoms with van der Waals surface area (Å²) in [4.78, 5) is 12.8. The van der Waals surface area contributed by atoms with E-state index < -0.39 is 15.9 Å². The average molecular weight is 488 g/mol. The average Bonchev–Trinajstić information content (AvgIpc) is 2.83. The zero-order chi connectivity index (χ0) is 24.4. The number of rotatable bonds is 9. The molecule has 1 aliphatic rings. The molecule has 0 unspecified atom stereocenters. The van der Waals surface area contributed by atoms with Gasteiger partial charge in [0.15, 0.2) is 11.5 Å². The number of carbonyl (C=O) groups is 1. The number of carbonyl (C=O) groups excluding carboxylic acids is 1. The van der Waals surface area contributed by atoms with Crippen LogP contribution in [0.3, 0.4) is 0 Å². The predicted octanol–water partition coefficient (Wildman–Crippen LogP) is 4.11. The van der Waals surface area contributed by atoms with E-state index in [0.29, 0.717) is 11.5 Å². The van der Waals surface area contributed by atoms with Crippen molar-refractivity contribution in [2.24, 2.45) is 5.10 Å². The molecule has 1 N–H and O–H groups in total. The molecule has 1 fully saturated rings. The van der Waals surface area contributed by atoms with Crippen LogP contribution in [0.25, 0.3) is 0 Å². The standard InChI is InChI=1S/C25H33N3O5S/c1-32-23-16-15-22(17-24(23)33-2)34(30,31)28(18-20-11-7-6-8-12-20)19-25(29)27-26-21-13-9-4-3-5-10-14-21/h6-8,11-12,15-17H,3-5,9-10,13-14,18-19H2,1-2H3,(H,27,29). The maximum atomic E-state index is 13.5. The van der Waals surface area contributed by atoms with E-state index in [-0.39, 0.29) is 18.0 Å². The van der Waals surface area contributed by atoms with Crippen LogP contribution in [0, 0.1) is 0 Å². The first-order valence-electron chi connectivity index (χ1n) is 11.5. The third-order valence-electron chi connectivity index (χ3n) is 5.78. The molecule has 0 radical (unpaired) electrons. The van der Waals surface area contributed by atoms with Gasteiger partial charge in [-0.3, -0.25) is 4.79 Å². The molecule has 0 bridgehead atoms. The molecule has 0 heterocycles. The minimum atomic E-state index is -4.02. The maximum absolute atomic E-state index is 13.5. The molecule has 3 rings (SSSR count). The van der Waals surface area contributed by atoms with Crippen molar-refractivity contribution < 1.29 is 22.7 Å². The zero-order valence-corrected chi connectivity index (χ0v) is 20.6. The summed E-state index contributed by atoms with van der Waals surface area (Å²) in [7, 11) is -1.09. The van der Waals surface area contributed by atoms with E-state index in [1.807, 2.05) is 30.3 Å². The molecule has 2 aromatic carbocycles. The van der Waals surface area contributed by atoms with Crippen LogP contribution in [0.15, 0.2) is 58.5 Å². The highest BCUT2D eigenvalue weighted by Gasteiger charge is 2.28. The Morgan fingerprint density at radius 1 is 0.941 bits per heavy atom. The second-order valence-electron chi connectivity index (χ2n) is 8.26. The second kappa shape index (κ2) is 12.5. The summed E-state index contributed by atoms with van der Waals surface area (Å²) in [6.07, 6.45) is 7.41. The van der Waals surface area contributed by atoms with E-state index in [2.05, 4.69) is 10.5 Å². The molecular weight excluding hydrogens is 454 g/mol. The Morgan fingerprint density at radius 2 is 1.59 bits per heavy atom. The molecule has 1 amide bonds. The summed E-state index contributed by atoms with van der Waals surface area (Å²) in [5, 5.41) is 4.31. The molecule has 184 valence electrons. The summed E-state index contributed by atoms with van der Waals surface area (Å²) in [5.74, 6) is 0.238. The Hall–Kier alpha value is -2.91. The van der Waals surface area contributed by atoms with Crippen molar-refractivity contribution in [2.45, 2.75) is 56.4 Å². The van der Waals surface area contributed by atoms with Crippen LogP contribution in [-0.4, -0.2) is 45.1 Å². The number of benzene rings is 2. The Balaban J connectivity index is 1.82. The quantitative estimate of drug-likeness (QED) is 0.537. The molecule has 1 saturated carbocycles. The minimum absolute atomic E-state index is 0.0141. The number of hydrazone groups is 1. The largest absolute Gasteiger partial charge is 0.493 e. The fourth-order valence-electron chi connectivity index (χ4n) is 3.90. The Labute approximate surface area is 202 Å². The van der Waals surface area contributed by atoms with Gasteiger partial charge in [-0.15, -0.1) is 0 Å². The fourth-order valence-corrected chi connectivity index (χ4v) is 5.30. The number of hydrogen-bond acceptors (Lipinski definition) is 6. The van der Waals surface area contributed by atoms with Gasteiger partial charge in [0, 0.05) is 18.3 Å². The van der Waals surface area contributed by atoms with Crippen molar-refractivity contribution in [3.8, 4) is 11.5 Å². The molecular formula is C25H33N3O5S. The summed E-state index contributed by atoms with van der Waals surface area (Å²) in [6.45, 7) is -0.316.